The molecule has 0 fully saturated rings. The summed E-state index contributed by atoms with van der Waals surface area (Å²) in [6, 6.07) is 0. The second-order valence-corrected chi connectivity index (χ2v) is 2.87. The van der Waals surface area contributed by atoms with Gasteiger partial charge in [-0.3, -0.25) is 9.98 Å². The zero-order valence-corrected chi connectivity index (χ0v) is 5.91. The summed E-state index contributed by atoms with van der Waals surface area (Å²) in [6.07, 6.45) is 8.75. The highest BCUT2D eigenvalue weighted by molar-refractivity contribution is 6.02. The van der Waals surface area contributed by atoms with Crippen molar-refractivity contribution in [3.05, 3.63) is 34.7 Å². The van der Waals surface area contributed by atoms with Crippen molar-refractivity contribution in [3.63, 3.8) is 0 Å². The minimum atomic E-state index is 1.05. The zero-order chi connectivity index (χ0) is 7.26. The number of nitrogens with zero attached hydrogens (tertiary/aromatic N) is 2. The molecule has 0 amide bonds. The molecule has 2 bridgehead atoms. The molecule has 0 radical (unpaired) electrons. The smallest absolute Gasteiger partial charge is 0.0350 e. The monoisotopic (exact) mass is 142 g/mol. The van der Waals surface area contributed by atoms with Crippen LogP contribution in [0.3, 0.4) is 0 Å². The lowest BCUT2D eigenvalue weighted by Gasteiger charge is -1.98. The predicted octanol–water partition coefficient (Wildman–Crippen LogP) is 1.62. The molecule has 0 aromatic rings. The summed E-state index contributed by atoms with van der Waals surface area (Å²) in [5.74, 6) is 0. The molecule has 0 aromatic heterocycles. The minimum Gasteiger partial charge on any atom is -0.264 e. The van der Waals surface area contributed by atoms with Crippen molar-refractivity contribution in [1.82, 2.24) is 0 Å². The van der Waals surface area contributed by atoms with Gasteiger partial charge in [0.05, 0.1) is 0 Å². The van der Waals surface area contributed by atoms with Crippen molar-refractivity contribution >= 4 is 12.4 Å². The minimum absolute atomic E-state index is 1.05. The summed E-state index contributed by atoms with van der Waals surface area (Å²) < 4.78 is 0. The van der Waals surface area contributed by atoms with E-state index in [1.165, 1.54) is 22.3 Å². The van der Waals surface area contributed by atoms with Gasteiger partial charge in [0.2, 0.25) is 0 Å². The average Bonchev–Trinajstić information content (AvgIpc) is 2.58. The molecule has 0 spiro atoms. The van der Waals surface area contributed by atoms with Crippen LogP contribution in [0.25, 0.3) is 0 Å². The van der Waals surface area contributed by atoms with Gasteiger partial charge in [0.25, 0.3) is 0 Å². The summed E-state index contributed by atoms with van der Waals surface area (Å²) in [5.41, 5.74) is 5.18. The van der Waals surface area contributed by atoms with Crippen LogP contribution in [0.1, 0.15) is 6.42 Å². The van der Waals surface area contributed by atoms with Crippen molar-refractivity contribution in [2.75, 3.05) is 0 Å². The molecule has 2 aliphatic heterocycles. The number of fused-ring (bicyclic) bond motifs is 4. The summed E-state index contributed by atoms with van der Waals surface area (Å²) in [7, 11) is 0. The standard InChI is InChI=1S/C9H6N2/c1-6-2-10-3-7(1)9-5-11-4-8(6)9/h2-5H,1H2. The SMILES string of the molecule is C1=NC=C2CC1=C1C=NC=C21. The van der Waals surface area contributed by atoms with Gasteiger partial charge in [-0.05, 0) is 11.1 Å². The molecule has 52 valence electrons. The fraction of sp³-hybridized carbons (Fsp3) is 0.111. The van der Waals surface area contributed by atoms with E-state index in [0.29, 0.717) is 0 Å². The average molecular weight is 142 g/mol. The topological polar surface area (TPSA) is 24.7 Å². The molecule has 0 saturated carbocycles. The van der Waals surface area contributed by atoms with Gasteiger partial charge in [0.1, 0.15) is 0 Å². The Morgan fingerprint density at radius 3 is 3.00 bits per heavy atom. The molecule has 0 saturated heterocycles. The van der Waals surface area contributed by atoms with Crippen LogP contribution in [0, 0.1) is 0 Å². The molecule has 0 N–H and O–H groups in total. The van der Waals surface area contributed by atoms with E-state index in [1.54, 1.807) is 0 Å². The van der Waals surface area contributed by atoms with Gasteiger partial charge in [0, 0.05) is 42.4 Å². The van der Waals surface area contributed by atoms with Crippen LogP contribution < -0.4 is 0 Å². The summed E-state index contributed by atoms with van der Waals surface area (Å²) >= 11 is 0. The van der Waals surface area contributed by atoms with Crippen LogP contribution in [-0.2, 0) is 0 Å². The maximum atomic E-state index is 4.14. The van der Waals surface area contributed by atoms with Gasteiger partial charge in [-0.2, -0.15) is 0 Å². The molecular weight excluding hydrogens is 136 g/mol. The van der Waals surface area contributed by atoms with Crippen molar-refractivity contribution in [1.29, 1.82) is 0 Å². The zero-order valence-electron chi connectivity index (χ0n) is 5.91. The molecule has 0 aromatic carbocycles. The number of aliphatic imine (C=N–C) groups is 2. The van der Waals surface area contributed by atoms with Crippen LogP contribution in [0.5, 0.6) is 0 Å². The second kappa shape index (κ2) is 1.59. The first-order valence-electron chi connectivity index (χ1n) is 3.64. The largest absolute Gasteiger partial charge is 0.264 e. The molecule has 1 aliphatic carbocycles. The van der Waals surface area contributed by atoms with E-state index in [0.717, 1.165) is 6.42 Å². The molecule has 3 aliphatic rings. The van der Waals surface area contributed by atoms with Gasteiger partial charge in [-0.1, -0.05) is 0 Å². The van der Waals surface area contributed by atoms with Crippen LogP contribution in [0.2, 0.25) is 0 Å². The first-order chi connectivity index (χ1) is 5.45. The van der Waals surface area contributed by atoms with Gasteiger partial charge in [-0.15, -0.1) is 0 Å². The summed E-state index contributed by atoms with van der Waals surface area (Å²) in [4.78, 5) is 8.24. The van der Waals surface area contributed by atoms with E-state index in [1.807, 2.05) is 24.8 Å². The molecule has 2 heterocycles. The number of hydrogen-bond donors (Lipinski definition) is 0. The highest BCUT2D eigenvalue weighted by atomic mass is 14.7. The van der Waals surface area contributed by atoms with Gasteiger partial charge in [-0.25, -0.2) is 0 Å². The Kier molecular flexibility index (Phi) is 0.756. The molecule has 2 nitrogen and oxygen atoms in total. The molecule has 0 unspecified atom stereocenters. The quantitative estimate of drug-likeness (QED) is 0.491. The Bertz CT molecular complexity index is 378. The fourth-order valence-electron chi connectivity index (χ4n) is 1.68. The van der Waals surface area contributed by atoms with E-state index < -0.39 is 0 Å². The Morgan fingerprint density at radius 1 is 1.09 bits per heavy atom. The Morgan fingerprint density at radius 2 is 2.00 bits per heavy atom. The maximum Gasteiger partial charge on any atom is 0.0350 e. The normalized spacial score (nSPS) is 24.0. The van der Waals surface area contributed by atoms with Gasteiger partial charge >= 0.3 is 0 Å². The van der Waals surface area contributed by atoms with Crippen molar-refractivity contribution < 1.29 is 0 Å². The van der Waals surface area contributed by atoms with E-state index >= 15 is 0 Å². The molecule has 3 rings (SSSR count). The lowest BCUT2D eigenvalue weighted by molar-refractivity contribution is 1.22. The lowest BCUT2D eigenvalue weighted by Crippen LogP contribution is -1.87. The highest BCUT2D eigenvalue weighted by Gasteiger charge is 2.25. The van der Waals surface area contributed by atoms with Crippen molar-refractivity contribution in [2.24, 2.45) is 9.98 Å². The van der Waals surface area contributed by atoms with E-state index in [2.05, 4.69) is 9.98 Å². The van der Waals surface area contributed by atoms with Crippen molar-refractivity contribution in [3.8, 4) is 0 Å². The first-order valence-corrected chi connectivity index (χ1v) is 3.64. The van der Waals surface area contributed by atoms with Crippen molar-refractivity contribution in [2.45, 2.75) is 6.42 Å². The Balaban J connectivity index is 2.36. The van der Waals surface area contributed by atoms with Crippen LogP contribution >= 0.6 is 0 Å². The number of rotatable bonds is 0. The van der Waals surface area contributed by atoms with E-state index in [4.69, 9.17) is 0 Å². The van der Waals surface area contributed by atoms with E-state index in [9.17, 15) is 0 Å². The third kappa shape index (κ3) is 0.522. The van der Waals surface area contributed by atoms with Gasteiger partial charge in [0.15, 0.2) is 0 Å². The molecule has 2 heteroatoms. The number of allylic oxidation sites excluding steroid dienone is 4. The van der Waals surface area contributed by atoms with Crippen LogP contribution in [0.4, 0.5) is 0 Å². The first kappa shape index (κ1) is 5.24. The molecule has 11 heavy (non-hydrogen) atoms. The lowest BCUT2D eigenvalue weighted by atomic mass is 10.1. The summed E-state index contributed by atoms with van der Waals surface area (Å²) in [5, 5.41) is 0. The Labute approximate surface area is 64.4 Å². The Hall–Kier alpha value is -1.44. The van der Waals surface area contributed by atoms with E-state index in [-0.39, 0.29) is 0 Å². The fourth-order valence-corrected chi connectivity index (χ4v) is 1.68. The molecule has 0 atom stereocenters. The third-order valence-corrected chi connectivity index (χ3v) is 2.23. The van der Waals surface area contributed by atoms with Crippen LogP contribution in [0.15, 0.2) is 44.7 Å². The second-order valence-electron chi connectivity index (χ2n) is 2.87. The molecular formula is C9H6N2. The van der Waals surface area contributed by atoms with Gasteiger partial charge < -0.3 is 0 Å². The predicted molar refractivity (Wildman–Crippen MR) is 44.8 cm³/mol. The third-order valence-electron chi connectivity index (χ3n) is 2.23. The number of hydrogen-bond acceptors (Lipinski definition) is 2. The summed E-state index contributed by atoms with van der Waals surface area (Å²) in [6.45, 7) is 0. The van der Waals surface area contributed by atoms with Crippen LogP contribution in [-0.4, -0.2) is 12.4 Å². The highest BCUT2D eigenvalue weighted by Crippen LogP contribution is 2.38. The maximum absolute atomic E-state index is 4.14.